The van der Waals surface area contributed by atoms with Crippen LogP contribution in [-0.2, 0) is 37.3 Å². The van der Waals surface area contributed by atoms with Crippen molar-refractivity contribution < 1.29 is 30.4 Å². The number of pyridine rings is 2. The average Bonchev–Trinajstić information content (AvgIpc) is 3.78. The molecular formula is C49H47N5OPt-2. The minimum absolute atomic E-state index is 0. The summed E-state index contributed by atoms with van der Waals surface area (Å²) in [6, 6.07) is 41.0. The van der Waals surface area contributed by atoms with Gasteiger partial charge in [0.1, 0.15) is 5.82 Å². The maximum Gasteiger partial charge on any atom is 0.268 e. The Kier molecular flexibility index (Phi) is 10.2. The zero-order chi connectivity index (χ0) is 38.7. The van der Waals surface area contributed by atoms with Crippen molar-refractivity contribution in [1.82, 2.24) is 19.1 Å². The fraction of sp³-hybridized carbons (Fsp3) is 0.245. The van der Waals surface area contributed by atoms with Crippen LogP contribution in [0.4, 0.5) is 0 Å². The predicted octanol–water partition coefficient (Wildman–Crippen LogP) is 11.4. The molecule has 4 aromatic carbocycles. The quantitative estimate of drug-likeness (QED) is 0.123. The van der Waals surface area contributed by atoms with Gasteiger partial charge in [-0.05, 0) is 80.0 Å². The standard InChI is InChI=1S/C49H47N5O.Pt/c1-47(2,3)34-19-21-51-45(28-34)54-42-18-14-13-17-40(42)46-41(33-15-11-10-12-16-33)29-39(30-43(46)54)55-38-20-22-50-44(31-38)53-24-23-52(32-53)37-26-35(48(4,5)6)25-36(27-37)49(7,8)9;/h10-29H,1-9H3;/q-2;. The van der Waals surface area contributed by atoms with E-state index in [-0.39, 0.29) is 37.3 Å². The first kappa shape index (κ1) is 38.9. The van der Waals surface area contributed by atoms with Crippen LogP contribution in [0.3, 0.4) is 0 Å². The van der Waals surface area contributed by atoms with Crippen molar-refractivity contribution in [1.29, 1.82) is 0 Å². The number of fused-ring (bicyclic) bond motifs is 3. The van der Waals surface area contributed by atoms with E-state index in [1.54, 1.807) is 6.20 Å². The molecule has 286 valence electrons. The van der Waals surface area contributed by atoms with Crippen LogP contribution in [0.1, 0.15) is 79.0 Å². The summed E-state index contributed by atoms with van der Waals surface area (Å²) in [5.74, 6) is 2.49. The van der Waals surface area contributed by atoms with Crippen molar-refractivity contribution in [2.24, 2.45) is 0 Å². The van der Waals surface area contributed by atoms with Gasteiger partial charge in [-0.3, -0.25) is 14.1 Å². The number of benzene rings is 4. The van der Waals surface area contributed by atoms with Crippen LogP contribution >= 0.6 is 0 Å². The Bertz CT molecular complexity index is 2650. The largest absolute Gasteiger partial charge is 0.522 e. The Hall–Kier alpha value is -5.32. The first-order chi connectivity index (χ1) is 26.1. The van der Waals surface area contributed by atoms with E-state index in [1.165, 1.54) is 16.7 Å². The first-order valence-corrected chi connectivity index (χ1v) is 18.9. The number of nitrogens with zero attached hydrogens (tertiary/aromatic N) is 5. The van der Waals surface area contributed by atoms with Gasteiger partial charge in [-0.25, -0.2) is 4.98 Å². The molecule has 56 heavy (non-hydrogen) atoms. The molecule has 0 N–H and O–H groups in total. The Balaban J connectivity index is 0.00000480. The van der Waals surface area contributed by atoms with E-state index in [9.17, 15) is 0 Å². The second kappa shape index (κ2) is 14.6. The molecule has 0 bridgehead atoms. The molecule has 0 aliphatic rings. The van der Waals surface area contributed by atoms with E-state index in [2.05, 4.69) is 175 Å². The van der Waals surface area contributed by atoms with Crippen LogP contribution in [0.25, 0.3) is 50.3 Å². The van der Waals surface area contributed by atoms with Gasteiger partial charge in [0.05, 0.1) is 11.5 Å². The van der Waals surface area contributed by atoms with Crippen LogP contribution in [0, 0.1) is 18.5 Å². The number of imidazole rings is 1. The molecular weight excluding hydrogens is 870 g/mol. The maximum absolute atomic E-state index is 6.65. The average molecular weight is 917 g/mol. The number of ether oxygens (including phenoxy) is 1. The van der Waals surface area contributed by atoms with E-state index in [4.69, 9.17) is 9.72 Å². The third-order valence-corrected chi connectivity index (χ3v) is 10.2. The molecule has 0 spiro atoms. The van der Waals surface area contributed by atoms with Gasteiger partial charge in [-0.15, -0.1) is 17.7 Å². The third-order valence-electron chi connectivity index (χ3n) is 10.2. The summed E-state index contributed by atoms with van der Waals surface area (Å²) in [5.41, 5.74) is 8.86. The second-order valence-electron chi connectivity index (χ2n) is 17.4. The van der Waals surface area contributed by atoms with E-state index in [0.717, 1.165) is 44.4 Å². The maximum atomic E-state index is 6.65. The Labute approximate surface area is 345 Å². The van der Waals surface area contributed by atoms with E-state index in [1.807, 2.05) is 39.9 Å². The van der Waals surface area contributed by atoms with Crippen LogP contribution in [0.15, 0.2) is 122 Å². The second-order valence-corrected chi connectivity index (χ2v) is 17.4. The Morgan fingerprint density at radius 2 is 1.30 bits per heavy atom. The number of para-hydroxylation sites is 1. The normalized spacial score (nSPS) is 12.2. The summed E-state index contributed by atoms with van der Waals surface area (Å²) >= 11 is 0. The fourth-order valence-corrected chi connectivity index (χ4v) is 6.99. The zero-order valence-corrected chi connectivity index (χ0v) is 35.8. The molecule has 0 fully saturated rings. The molecule has 8 aromatic rings. The van der Waals surface area contributed by atoms with Crippen molar-refractivity contribution in [3.05, 3.63) is 157 Å². The number of rotatable bonds is 6. The van der Waals surface area contributed by atoms with Crippen molar-refractivity contribution in [2.45, 2.75) is 78.6 Å². The third kappa shape index (κ3) is 7.60. The first-order valence-electron chi connectivity index (χ1n) is 18.9. The van der Waals surface area contributed by atoms with Gasteiger partial charge in [0.25, 0.3) is 6.33 Å². The molecule has 8 rings (SSSR count). The Morgan fingerprint density at radius 1 is 0.643 bits per heavy atom. The van der Waals surface area contributed by atoms with Crippen molar-refractivity contribution in [2.75, 3.05) is 0 Å². The molecule has 4 heterocycles. The molecule has 0 atom stereocenters. The fourth-order valence-electron chi connectivity index (χ4n) is 6.99. The van der Waals surface area contributed by atoms with Crippen molar-refractivity contribution in [3.63, 3.8) is 0 Å². The van der Waals surface area contributed by atoms with Crippen molar-refractivity contribution in [3.8, 4) is 39.9 Å². The summed E-state index contributed by atoms with van der Waals surface area (Å²) in [6.07, 6.45) is 11.1. The topological polar surface area (TPSA) is 48.8 Å². The van der Waals surface area contributed by atoms with E-state index in [0.29, 0.717) is 17.3 Å². The molecule has 0 radical (unpaired) electrons. The van der Waals surface area contributed by atoms with Crippen LogP contribution < -0.4 is 9.30 Å². The number of hydrogen-bond donors (Lipinski definition) is 0. The molecule has 4 aromatic heterocycles. The summed E-state index contributed by atoms with van der Waals surface area (Å²) in [7, 11) is 0. The molecule has 7 heteroatoms. The van der Waals surface area contributed by atoms with E-state index < -0.39 is 0 Å². The molecule has 0 aliphatic heterocycles. The zero-order valence-electron chi connectivity index (χ0n) is 33.5. The smallest absolute Gasteiger partial charge is 0.268 e. The Morgan fingerprint density at radius 3 is 2.00 bits per heavy atom. The monoisotopic (exact) mass is 916 g/mol. The van der Waals surface area contributed by atoms with Gasteiger partial charge in [0.15, 0.2) is 0 Å². The van der Waals surface area contributed by atoms with Gasteiger partial charge in [-0.1, -0.05) is 134 Å². The van der Waals surface area contributed by atoms with Gasteiger partial charge < -0.3 is 9.30 Å². The van der Waals surface area contributed by atoms with Crippen LogP contribution in [0.5, 0.6) is 11.5 Å². The van der Waals surface area contributed by atoms with Crippen LogP contribution in [-0.4, -0.2) is 19.1 Å². The molecule has 0 aliphatic carbocycles. The SMILES string of the molecule is CC(C)(C)c1cc(-[n+]2[c-]n(-c3[c-]c(Oc4[c-]c5c(c(-c6ccccc6)c4)c4ccccc4n5-c4cc(C(C)(C)C)ccn4)ccn3)cc2)cc(C(C)(C)C)c1.[Pt]. The van der Waals surface area contributed by atoms with Gasteiger partial charge >= 0.3 is 0 Å². The van der Waals surface area contributed by atoms with Gasteiger partial charge in [0.2, 0.25) is 0 Å². The van der Waals surface area contributed by atoms with Gasteiger partial charge in [0, 0.05) is 50.9 Å². The molecule has 0 amide bonds. The minimum atomic E-state index is -0.0409. The number of hydrogen-bond acceptors (Lipinski definition) is 3. The minimum Gasteiger partial charge on any atom is -0.522 e. The summed E-state index contributed by atoms with van der Waals surface area (Å²) in [4.78, 5) is 9.55. The van der Waals surface area contributed by atoms with Crippen molar-refractivity contribution >= 4 is 21.8 Å². The number of aromatic nitrogens is 5. The summed E-state index contributed by atoms with van der Waals surface area (Å²) in [5, 5.41) is 2.21. The summed E-state index contributed by atoms with van der Waals surface area (Å²) in [6.45, 7) is 20.2. The molecule has 0 saturated heterocycles. The van der Waals surface area contributed by atoms with E-state index >= 15 is 0 Å². The molecule has 0 saturated carbocycles. The van der Waals surface area contributed by atoms with Crippen LogP contribution in [0.2, 0.25) is 0 Å². The molecule has 0 unspecified atom stereocenters. The molecule has 6 nitrogen and oxygen atoms in total. The summed E-state index contributed by atoms with van der Waals surface area (Å²) < 4.78 is 12.7. The predicted molar refractivity (Wildman–Crippen MR) is 222 cm³/mol. The van der Waals surface area contributed by atoms with Gasteiger partial charge in [-0.2, -0.15) is 12.1 Å².